The minimum atomic E-state index is -0.0692. The summed E-state index contributed by atoms with van der Waals surface area (Å²) in [6.07, 6.45) is 10.7. The first kappa shape index (κ1) is 14.3. The van der Waals surface area contributed by atoms with Crippen LogP contribution in [0.2, 0.25) is 0 Å². The monoisotopic (exact) mass is 315 g/mol. The number of carbonyl (C=O) groups excluding carboxylic acids is 2. The van der Waals surface area contributed by atoms with Crippen molar-refractivity contribution in [1.29, 1.82) is 0 Å². The molecular formula is C16H21N5O2. The Morgan fingerprint density at radius 1 is 1.30 bits per heavy atom. The molecule has 1 aromatic heterocycles. The predicted molar refractivity (Wildman–Crippen MR) is 85.1 cm³/mol. The molecule has 3 amide bonds. The SMILES string of the molecule is O=C(C1CC=CCC1)N1CC(n2cc(N3CCNC3=O)cn2)C1. The van der Waals surface area contributed by atoms with Gasteiger partial charge in [0, 0.05) is 38.3 Å². The van der Waals surface area contributed by atoms with Gasteiger partial charge in [0.15, 0.2) is 0 Å². The van der Waals surface area contributed by atoms with Gasteiger partial charge in [0.2, 0.25) is 5.91 Å². The largest absolute Gasteiger partial charge is 0.338 e. The number of rotatable bonds is 3. The zero-order chi connectivity index (χ0) is 15.8. The van der Waals surface area contributed by atoms with Crippen LogP contribution in [0, 0.1) is 5.92 Å². The summed E-state index contributed by atoms with van der Waals surface area (Å²) in [5.74, 6) is 0.430. The maximum absolute atomic E-state index is 12.4. The molecular weight excluding hydrogens is 294 g/mol. The van der Waals surface area contributed by atoms with Crippen molar-refractivity contribution in [1.82, 2.24) is 20.0 Å². The lowest BCUT2D eigenvalue weighted by Gasteiger charge is -2.41. The number of likely N-dealkylation sites (tertiary alicyclic amines) is 1. The molecule has 2 aliphatic heterocycles. The molecule has 23 heavy (non-hydrogen) atoms. The quantitative estimate of drug-likeness (QED) is 0.851. The van der Waals surface area contributed by atoms with Gasteiger partial charge in [0.25, 0.3) is 0 Å². The third-order valence-corrected chi connectivity index (χ3v) is 4.92. The second-order valence-corrected chi connectivity index (χ2v) is 6.44. The number of carbonyl (C=O) groups is 2. The topological polar surface area (TPSA) is 70.5 Å². The molecule has 4 rings (SSSR count). The summed E-state index contributed by atoms with van der Waals surface area (Å²) in [6, 6.07) is 0.151. The van der Waals surface area contributed by atoms with Crippen molar-refractivity contribution in [3.05, 3.63) is 24.5 Å². The van der Waals surface area contributed by atoms with Gasteiger partial charge in [-0.2, -0.15) is 5.10 Å². The predicted octanol–water partition coefficient (Wildman–Crippen LogP) is 1.15. The Bertz CT molecular complexity index is 647. The number of allylic oxidation sites excluding steroid dienone is 2. The molecule has 0 bridgehead atoms. The van der Waals surface area contributed by atoms with Crippen molar-refractivity contribution in [2.75, 3.05) is 31.1 Å². The van der Waals surface area contributed by atoms with E-state index in [0.717, 1.165) is 24.9 Å². The third kappa shape index (κ3) is 2.60. The van der Waals surface area contributed by atoms with Crippen LogP contribution in [0.15, 0.2) is 24.5 Å². The average molecular weight is 315 g/mol. The molecule has 0 aromatic carbocycles. The number of anilines is 1. The number of urea groups is 1. The van der Waals surface area contributed by atoms with Crippen molar-refractivity contribution in [3.63, 3.8) is 0 Å². The van der Waals surface area contributed by atoms with E-state index >= 15 is 0 Å². The Labute approximate surface area is 134 Å². The highest BCUT2D eigenvalue weighted by Crippen LogP contribution is 2.28. The third-order valence-electron chi connectivity index (χ3n) is 4.92. The van der Waals surface area contributed by atoms with E-state index in [2.05, 4.69) is 22.6 Å². The van der Waals surface area contributed by atoms with Crippen LogP contribution in [0.1, 0.15) is 25.3 Å². The number of hydrogen-bond donors (Lipinski definition) is 1. The lowest BCUT2D eigenvalue weighted by Crippen LogP contribution is -2.52. The summed E-state index contributed by atoms with van der Waals surface area (Å²) < 4.78 is 1.88. The second-order valence-electron chi connectivity index (χ2n) is 6.44. The van der Waals surface area contributed by atoms with Crippen LogP contribution in [-0.4, -0.2) is 52.8 Å². The summed E-state index contributed by atoms with van der Waals surface area (Å²) in [5, 5.41) is 7.15. The fourth-order valence-electron chi connectivity index (χ4n) is 3.46. The number of amides is 3. The maximum Gasteiger partial charge on any atom is 0.322 e. The van der Waals surface area contributed by atoms with Gasteiger partial charge < -0.3 is 10.2 Å². The van der Waals surface area contributed by atoms with Crippen LogP contribution in [0.25, 0.3) is 0 Å². The normalized spacial score (nSPS) is 24.7. The van der Waals surface area contributed by atoms with Crippen LogP contribution >= 0.6 is 0 Å². The van der Waals surface area contributed by atoms with Crippen molar-refractivity contribution in [2.45, 2.75) is 25.3 Å². The van der Waals surface area contributed by atoms with E-state index in [1.54, 1.807) is 11.1 Å². The van der Waals surface area contributed by atoms with E-state index < -0.39 is 0 Å². The number of nitrogens with zero attached hydrogens (tertiary/aromatic N) is 4. The van der Waals surface area contributed by atoms with Gasteiger partial charge in [0.1, 0.15) is 0 Å². The van der Waals surface area contributed by atoms with Crippen LogP contribution in [0.5, 0.6) is 0 Å². The number of aromatic nitrogens is 2. The maximum atomic E-state index is 12.4. The van der Waals surface area contributed by atoms with Crippen molar-refractivity contribution < 1.29 is 9.59 Å². The summed E-state index contributed by atoms with van der Waals surface area (Å²) >= 11 is 0. The molecule has 0 radical (unpaired) electrons. The average Bonchev–Trinajstić information content (AvgIpc) is 3.15. The Kier molecular flexibility index (Phi) is 3.55. The molecule has 7 heteroatoms. The van der Waals surface area contributed by atoms with E-state index in [0.29, 0.717) is 26.2 Å². The van der Waals surface area contributed by atoms with Crippen LogP contribution in [0.3, 0.4) is 0 Å². The molecule has 1 aromatic rings. The fourth-order valence-corrected chi connectivity index (χ4v) is 3.46. The highest BCUT2D eigenvalue weighted by molar-refractivity contribution is 5.93. The molecule has 0 saturated carbocycles. The molecule has 0 spiro atoms. The molecule has 1 aliphatic carbocycles. The van der Waals surface area contributed by atoms with Gasteiger partial charge in [-0.15, -0.1) is 0 Å². The minimum absolute atomic E-state index is 0.0692. The van der Waals surface area contributed by atoms with E-state index in [4.69, 9.17) is 0 Å². The molecule has 2 fully saturated rings. The smallest absolute Gasteiger partial charge is 0.322 e. The van der Waals surface area contributed by atoms with Crippen molar-refractivity contribution >= 4 is 17.6 Å². The van der Waals surface area contributed by atoms with Gasteiger partial charge in [-0.1, -0.05) is 12.2 Å². The molecule has 7 nitrogen and oxygen atoms in total. The van der Waals surface area contributed by atoms with Gasteiger partial charge in [-0.25, -0.2) is 4.79 Å². The summed E-state index contributed by atoms with van der Waals surface area (Å²) in [5.41, 5.74) is 0.821. The Morgan fingerprint density at radius 3 is 2.87 bits per heavy atom. The molecule has 1 atom stereocenters. The first-order chi connectivity index (χ1) is 11.2. The zero-order valence-electron chi connectivity index (χ0n) is 13.0. The summed E-state index contributed by atoms with van der Waals surface area (Å²) in [7, 11) is 0. The Balaban J connectivity index is 1.35. The highest BCUT2D eigenvalue weighted by atomic mass is 16.2. The Hall–Kier alpha value is -2.31. The fraction of sp³-hybridized carbons (Fsp3) is 0.562. The standard InChI is InChI=1S/C16H21N5O2/c22-15(12-4-2-1-3-5-12)19-9-14(10-19)21-11-13(8-18-21)20-7-6-17-16(20)23/h1-2,8,11-12,14H,3-7,9-10H2,(H,17,23). The number of hydrogen-bond acceptors (Lipinski definition) is 3. The highest BCUT2D eigenvalue weighted by Gasteiger charge is 2.36. The van der Waals surface area contributed by atoms with Gasteiger partial charge in [-0.3, -0.25) is 14.4 Å². The van der Waals surface area contributed by atoms with Crippen LogP contribution in [0.4, 0.5) is 10.5 Å². The zero-order valence-corrected chi connectivity index (χ0v) is 13.0. The molecule has 3 aliphatic rings. The van der Waals surface area contributed by atoms with Crippen molar-refractivity contribution in [2.24, 2.45) is 5.92 Å². The van der Waals surface area contributed by atoms with Gasteiger partial charge in [0.05, 0.1) is 17.9 Å². The minimum Gasteiger partial charge on any atom is -0.338 e. The van der Waals surface area contributed by atoms with E-state index in [9.17, 15) is 9.59 Å². The first-order valence-electron chi connectivity index (χ1n) is 8.25. The molecule has 1 unspecified atom stereocenters. The second kappa shape index (κ2) is 5.72. The molecule has 3 heterocycles. The number of nitrogens with one attached hydrogen (secondary N) is 1. The summed E-state index contributed by atoms with van der Waals surface area (Å²) in [4.78, 5) is 27.7. The van der Waals surface area contributed by atoms with Crippen molar-refractivity contribution in [3.8, 4) is 0 Å². The van der Waals surface area contributed by atoms with E-state index in [1.807, 2.05) is 15.8 Å². The van der Waals surface area contributed by atoms with E-state index in [1.165, 1.54) is 0 Å². The summed E-state index contributed by atoms with van der Waals surface area (Å²) in [6.45, 7) is 2.78. The lowest BCUT2D eigenvalue weighted by atomic mass is 9.91. The van der Waals surface area contributed by atoms with Crippen LogP contribution in [-0.2, 0) is 4.79 Å². The first-order valence-corrected chi connectivity index (χ1v) is 8.25. The van der Waals surface area contributed by atoms with E-state index in [-0.39, 0.29) is 23.9 Å². The molecule has 1 N–H and O–H groups in total. The molecule has 122 valence electrons. The van der Waals surface area contributed by atoms with Crippen LogP contribution < -0.4 is 10.2 Å². The lowest BCUT2D eigenvalue weighted by molar-refractivity contribution is -0.141. The Morgan fingerprint density at radius 2 is 2.17 bits per heavy atom. The van der Waals surface area contributed by atoms with Gasteiger partial charge in [-0.05, 0) is 19.3 Å². The van der Waals surface area contributed by atoms with Gasteiger partial charge >= 0.3 is 6.03 Å². The molecule has 2 saturated heterocycles.